The van der Waals surface area contributed by atoms with Gasteiger partial charge in [-0.3, -0.25) is 4.79 Å². The predicted octanol–water partition coefficient (Wildman–Crippen LogP) is -0.510. The van der Waals surface area contributed by atoms with Crippen molar-refractivity contribution < 1.29 is 23.8 Å². The summed E-state index contributed by atoms with van der Waals surface area (Å²) in [5.74, 6) is -0.824. The highest BCUT2D eigenvalue weighted by molar-refractivity contribution is 5.80. The fourth-order valence-electron chi connectivity index (χ4n) is 0.869. The number of carbonyl (C=O) groups excluding carboxylic acids is 2. The molecule has 1 aliphatic rings. The molecule has 1 fully saturated rings. The molecule has 0 bridgehead atoms. The highest BCUT2D eigenvalue weighted by atomic mass is 16.6. The Morgan fingerprint density at radius 1 is 1.33 bits per heavy atom. The third-order valence-corrected chi connectivity index (χ3v) is 1.61. The maximum atomic E-state index is 10.8. The number of methoxy groups -OCH3 is 2. The predicted molar refractivity (Wildman–Crippen MR) is 37.3 cm³/mol. The standard InChI is InChI=1S/C7H10O5/c1-10-5(8)3-4-6(12-4)7(9)11-2/h4,6H,3H2,1-2H3/t4-,6+/m1/s1. The van der Waals surface area contributed by atoms with Gasteiger partial charge in [-0.05, 0) is 0 Å². The van der Waals surface area contributed by atoms with E-state index in [2.05, 4.69) is 9.47 Å². The lowest BCUT2D eigenvalue weighted by Gasteiger charge is -1.93. The van der Waals surface area contributed by atoms with E-state index in [4.69, 9.17) is 4.74 Å². The fourth-order valence-corrected chi connectivity index (χ4v) is 0.869. The van der Waals surface area contributed by atoms with Crippen molar-refractivity contribution in [2.24, 2.45) is 0 Å². The first-order valence-corrected chi connectivity index (χ1v) is 3.49. The van der Waals surface area contributed by atoms with E-state index >= 15 is 0 Å². The molecular formula is C7H10O5. The molecule has 1 heterocycles. The lowest BCUT2D eigenvalue weighted by Crippen LogP contribution is -2.14. The Balaban J connectivity index is 2.24. The summed E-state index contributed by atoms with van der Waals surface area (Å²) in [6, 6.07) is 0. The highest BCUT2D eigenvalue weighted by Crippen LogP contribution is 2.26. The van der Waals surface area contributed by atoms with Crippen LogP contribution in [0, 0.1) is 0 Å². The number of hydrogen-bond donors (Lipinski definition) is 0. The SMILES string of the molecule is COC(=O)C[C@H]1O[C@@H]1C(=O)OC. The largest absolute Gasteiger partial charge is 0.469 e. The van der Waals surface area contributed by atoms with Crippen molar-refractivity contribution in [3.8, 4) is 0 Å². The minimum absolute atomic E-state index is 0.107. The van der Waals surface area contributed by atoms with Crippen LogP contribution >= 0.6 is 0 Å². The molecule has 0 unspecified atom stereocenters. The van der Waals surface area contributed by atoms with E-state index < -0.39 is 12.1 Å². The second-order valence-corrected chi connectivity index (χ2v) is 2.40. The molecule has 0 N–H and O–H groups in total. The first kappa shape index (κ1) is 8.99. The molecule has 68 valence electrons. The quantitative estimate of drug-likeness (QED) is 0.426. The second kappa shape index (κ2) is 3.53. The van der Waals surface area contributed by atoms with E-state index in [0.717, 1.165) is 0 Å². The summed E-state index contributed by atoms with van der Waals surface area (Å²) in [6.07, 6.45) is -0.824. The average Bonchev–Trinajstić information content (AvgIpc) is 2.82. The zero-order valence-electron chi connectivity index (χ0n) is 6.90. The molecule has 0 radical (unpaired) electrons. The fraction of sp³-hybridized carbons (Fsp3) is 0.714. The molecule has 1 saturated heterocycles. The molecule has 0 aliphatic carbocycles. The molecule has 0 aromatic rings. The third-order valence-electron chi connectivity index (χ3n) is 1.61. The molecule has 1 aliphatic heterocycles. The third kappa shape index (κ3) is 1.94. The van der Waals surface area contributed by atoms with Gasteiger partial charge in [0.15, 0.2) is 6.10 Å². The lowest BCUT2D eigenvalue weighted by atomic mass is 10.2. The van der Waals surface area contributed by atoms with Gasteiger partial charge in [0.25, 0.3) is 0 Å². The zero-order valence-corrected chi connectivity index (χ0v) is 6.90. The normalized spacial score (nSPS) is 26.2. The Morgan fingerprint density at radius 2 is 2.00 bits per heavy atom. The molecule has 2 atom stereocenters. The van der Waals surface area contributed by atoms with Crippen molar-refractivity contribution in [2.45, 2.75) is 18.6 Å². The van der Waals surface area contributed by atoms with Crippen LogP contribution in [0.5, 0.6) is 0 Å². The molecule has 0 aromatic carbocycles. The molecule has 5 nitrogen and oxygen atoms in total. The number of rotatable bonds is 3. The van der Waals surface area contributed by atoms with Crippen LogP contribution < -0.4 is 0 Å². The van der Waals surface area contributed by atoms with E-state index in [1.165, 1.54) is 14.2 Å². The Kier molecular flexibility index (Phi) is 2.65. The summed E-state index contributed by atoms with van der Waals surface area (Å²) in [5.41, 5.74) is 0. The van der Waals surface area contributed by atoms with Gasteiger partial charge < -0.3 is 14.2 Å². The summed E-state index contributed by atoms with van der Waals surface area (Å²) >= 11 is 0. The van der Waals surface area contributed by atoms with E-state index in [-0.39, 0.29) is 18.5 Å². The Labute approximate surface area is 69.6 Å². The van der Waals surface area contributed by atoms with Gasteiger partial charge in [0.05, 0.1) is 20.6 Å². The van der Waals surface area contributed by atoms with Crippen LogP contribution in [0.1, 0.15) is 6.42 Å². The van der Waals surface area contributed by atoms with Gasteiger partial charge in [0.2, 0.25) is 0 Å². The monoisotopic (exact) mass is 174 g/mol. The van der Waals surface area contributed by atoms with Crippen LogP contribution in [0.3, 0.4) is 0 Å². The van der Waals surface area contributed by atoms with E-state index in [0.29, 0.717) is 0 Å². The lowest BCUT2D eigenvalue weighted by molar-refractivity contribution is -0.142. The topological polar surface area (TPSA) is 65.1 Å². The second-order valence-electron chi connectivity index (χ2n) is 2.40. The zero-order chi connectivity index (χ0) is 9.14. The summed E-state index contributed by atoms with van der Waals surface area (Å²) < 4.78 is 13.7. The van der Waals surface area contributed by atoms with E-state index in [1.807, 2.05) is 0 Å². The van der Waals surface area contributed by atoms with Gasteiger partial charge in [-0.2, -0.15) is 0 Å². The summed E-state index contributed by atoms with van der Waals surface area (Å²) in [4.78, 5) is 21.4. The number of esters is 2. The number of epoxide rings is 1. The molecule has 0 aromatic heterocycles. The first-order valence-electron chi connectivity index (χ1n) is 3.49. The Hall–Kier alpha value is -1.10. The first-order chi connectivity index (χ1) is 5.69. The van der Waals surface area contributed by atoms with Crippen molar-refractivity contribution in [3.05, 3.63) is 0 Å². The van der Waals surface area contributed by atoms with Gasteiger partial charge in [-0.15, -0.1) is 0 Å². The van der Waals surface area contributed by atoms with Crippen molar-refractivity contribution in [1.29, 1.82) is 0 Å². The molecule has 0 saturated carbocycles. The number of hydrogen-bond acceptors (Lipinski definition) is 5. The van der Waals surface area contributed by atoms with Crippen LogP contribution in [0.25, 0.3) is 0 Å². The molecule has 0 amide bonds. The molecule has 1 rings (SSSR count). The van der Waals surface area contributed by atoms with E-state index in [1.54, 1.807) is 0 Å². The van der Waals surface area contributed by atoms with Gasteiger partial charge in [-0.1, -0.05) is 0 Å². The van der Waals surface area contributed by atoms with Crippen LogP contribution in [0.2, 0.25) is 0 Å². The van der Waals surface area contributed by atoms with E-state index in [9.17, 15) is 9.59 Å². The van der Waals surface area contributed by atoms with Crippen LogP contribution in [-0.2, 0) is 23.8 Å². The van der Waals surface area contributed by atoms with Crippen LogP contribution in [-0.4, -0.2) is 38.4 Å². The highest BCUT2D eigenvalue weighted by Gasteiger charge is 2.47. The van der Waals surface area contributed by atoms with Gasteiger partial charge in [0.1, 0.15) is 6.10 Å². The van der Waals surface area contributed by atoms with Crippen LogP contribution in [0.15, 0.2) is 0 Å². The summed E-state index contributed by atoms with van der Waals surface area (Å²) in [6.45, 7) is 0. The maximum absolute atomic E-state index is 10.8. The van der Waals surface area contributed by atoms with Crippen molar-refractivity contribution in [1.82, 2.24) is 0 Å². The Bertz CT molecular complexity index is 200. The van der Waals surface area contributed by atoms with Crippen molar-refractivity contribution >= 4 is 11.9 Å². The number of ether oxygens (including phenoxy) is 3. The number of carbonyl (C=O) groups is 2. The summed E-state index contributed by atoms with van der Waals surface area (Å²) in [7, 11) is 2.57. The minimum Gasteiger partial charge on any atom is -0.469 e. The van der Waals surface area contributed by atoms with Crippen molar-refractivity contribution in [3.63, 3.8) is 0 Å². The average molecular weight is 174 g/mol. The van der Waals surface area contributed by atoms with Gasteiger partial charge >= 0.3 is 11.9 Å². The smallest absolute Gasteiger partial charge is 0.337 e. The maximum Gasteiger partial charge on any atom is 0.337 e. The van der Waals surface area contributed by atoms with Gasteiger partial charge in [0, 0.05) is 0 Å². The van der Waals surface area contributed by atoms with Gasteiger partial charge in [-0.25, -0.2) is 4.79 Å². The molecule has 0 spiro atoms. The minimum atomic E-state index is -0.575. The van der Waals surface area contributed by atoms with Crippen LogP contribution in [0.4, 0.5) is 0 Å². The molecule has 5 heteroatoms. The molecular weight excluding hydrogens is 164 g/mol. The Morgan fingerprint density at radius 3 is 2.50 bits per heavy atom. The van der Waals surface area contributed by atoms with Crippen molar-refractivity contribution in [2.75, 3.05) is 14.2 Å². The summed E-state index contributed by atoms with van der Waals surface area (Å²) in [5, 5.41) is 0. The molecule has 12 heavy (non-hydrogen) atoms.